The lowest BCUT2D eigenvalue weighted by Gasteiger charge is -2.14. The second-order valence-electron chi connectivity index (χ2n) is 8.02. The molecule has 5 rings (SSSR count). The van der Waals surface area contributed by atoms with Crippen molar-refractivity contribution < 1.29 is 9.53 Å². The fourth-order valence-corrected chi connectivity index (χ4v) is 5.38. The normalized spacial score (nSPS) is 11.4. The minimum Gasteiger partial charge on any atom is -0.466 e. The molecule has 3 aromatic heterocycles. The lowest BCUT2D eigenvalue weighted by molar-refractivity contribution is -0.142. The van der Waals surface area contributed by atoms with Crippen molar-refractivity contribution in [2.24, 2.45) is 0 Å². The van der Waals surface area contributed by atoms with E-state index in [9.17, 15) is 4.79 Å². The minimum absolute atomic E-state index is 0.205. The van der Waals surface area contributed by atoms with Crippen LogP contribution in [0.25, 0.3) is 42.9 Å². The standard InChI is InChI=1S/C26H22ClN3O2S/c1-4-32-22(31)12-20-14(2)9-21-24(23(20)16-5-7-19(27)8-6-16)33-26(30-21)18-11-17-10-15(3)29-25(17)28-13-18/h5-11,13H,4,12H2,1-3H3,(H,28,29). The number of hydrogen-bond donors (Lipinski definition) is 1. The summed E-state index contributed by atoms with van der Waals surface area (Å²) in [5, 5.41) is 2.61. The number of esters is 1. The number of aromatic amines is 1. The lowest BCUT2D eigenvalue weighted by atomic mass is 9.93. The molecule has 0 saturated heterocycles. The number of H-pyrrole nitrogens is 1. The molecule has 33 heavy (non-hydrogen) atoms. The topological polar surface area (TPSA) is 67.9 Å². The number of nitrogens with one attached hydrogen (secondary N) is 1. The maximum absolute atomic E-state index is 12.4. The molecule has 0 aliphatic heterocycles. The summed E-state index contributed by atoms with van der Waals surface area (Å²) in [5.74, 6) is -0.239. The monoisotopic (exact) mass is 475 g/mol. The number of halogens is 1. The third kappa shape index (κ3) is 4.12. The Morgan fingerprint density at radius 3 is 2.67 bits per heavy atom. The molecule has 3 heterocycles. The average Bonchev–Trinajstić information content (AvgIpc) is 3.37. The van der Waals surface area contributed by atoms with Crippen molar-refractivity contribution in [3.63, 3.8) is 0 Å². The van der Waals surface area contributed by atoms with E-state index in [1.165, 1.54) is 0 Å². The number of nitrogens with zero attached hydrogens (tertiary/aromatic N) is 2. The molecule has 0 amide bonds. The highest BCUT2D eigenvalue weighted by molar-refractivity contribution is 7.22. The van der Waals surface area contributed by atoms with Crippen LogP contribution in [0.3, 0.4) is 0 Å². The largest absolute Gasteiger partial charge is 0.466 e. The summed E-state index contributed by atoms with van der Waals surface area (Å²) >= 11 is 7.76. The number of benzene rings is 2. The van der Waals surface area contributed by atoms with E-state index in [2.05, 4.69) is 28.2 Å². The number of aryl methyl sites for hydroxylation is 2. The van der Waals surface area contributed by atoms with Crippen molar-refractivity contribution in [1.29, 1.82) is 0 Å². The molecule has 0 bridgehead atoms. The Labute approximate surface area is 200 Å². The number of carbonyl (C=O) groups is 1. The molecule has 5 aromatic rings. The maximum atomic E-state index is 12.4. The third-order valence-corrected chi connectivity index (χ3v) is 7.01. The number of fused-ring (bicyclic) bond motifs is 2. The molecule has 7 heteroatoms. The molecule has 5 nitrogen and oxygen atoms in total. The van der Waals surface area contributed by atoms with Gasteiger partial charge < -0.3 is 9.72 Å². The van der Waals surface area contributed by atoms with Gasteiger partial charge in [0.25, 0.3) is 0 Å². The highest BCUT2D eigenvalue weighted by Gasteiger charge is 2.20. The van der Waals surface area contributed by atoms with Gasteiger partial charge in [-0.3, -0.25) is 4.79 Å². The summed E-state index contributed by atoms with van der Waals surface area (Å²) < 4.78 is 6.29. The van der Waals surface area contributed by atoms with Crippen LogP contribution in [0.4, 0.5) is 0 Å². The van der Waals surface area contributed by atoms with Crippen LogP contribution in [-0.4, -0.2) is 27.5 Å². The zero-order valence-electron chi connectivity index (χ0n) is 18.5. The van der Waals surface area contributed by atoms with E-state index in [1.807, 2.05) is 51.2 Å². The number of thiazole rings is 1. The van der Waals surface area contributed by atoms with E-state index in [4.69, 9.17) is 21.3 Å². The molecule has 2 aromatic carbocycles. The summed E-state index contributed by atoms with van der Waals surface area (Å²) in [6.07, 6.45) is 2.06. The smallest absolute Gasteiger partial charge is 0.310 e. The molecular weight excluding hydrogens is 454 g/mol. The first-order valence-corrected chi connectivity index (χ1v) is 11.9. The fraction of sp³-hybridized carbons (Fsp3) is 0.192. The van der Waals surface area contributed by atoms with Gasteiger partial charge in [-0.05, 0) is 67.8 Å². The average molecular weight is 476 g/mol. The summed E-state index contributed by atoms with van der Waals surface area (Å²) in [6, 6.07) is 14.0. The summed E-state index contributed by atoms with van der Waals surface area (Å²) in [4.78, 5) is 25.2. The predicted octanol–water partition coefficient (Wildman–Crippen LogP) is 6.88. The van der Waals surface area contributed by atoms with Crippen LogP contribution in [0.5, 0.6) is 0 Å². The summed E-state index contributed by atoms with van der Waals surface area (Å²) in [7, 11) is 0. The van der Waals surface area contributed by atoms with E-state index in [-0.39, 0.29) is 12.4 Å². The van der Waals surface area contributed by atoms with Gasteiger partial charge in [0.2, 0.25) is 0 Å². The van der Waals surface area contributed by atoms with Gasteiger partial charge >= 0.3 is 5.97 Å². The zero-order chi connectivity index (χ0) is 23.1. The molecule has 0 fully saturated rings. The van der Waals surface area contributed by atoms with Crippen molar-refractivity contribution in [3.8, 4) is 21.7 Å². The Morgan fingerprint density at radius 2 is 1.91 bits per heavy atom. The minimum atomic E-state index is -0.239. The van der Waals surface area contributed by atoms with Crippen LogP contribution in [0.1, 0.15) is 23.7 Å². The second-order valence-corrected chi connectivity index (χ2v) is 9.45. The van der Waals surface area contributed by atoms with Crippen molar-refractivity contribution in [1.82, 2.24) is 15.0 Å². The van der Waals surface area contributed by atoms with Crippen molar-refractivity contribution in [2.75, 3.05) is 6.61 Å². The van der Waals surface area contributed by atoms with Crippen LogP contribution >= 0.6 is 22.9 Å². The van der Waals surface area contributed by atoms with Gasteiger partial charge in [0.15, 0.2) is 0 Å². The second kappa shape index (κ2) is 8.61. The van der Waals surface area contributed by atoms with Crippen LogP contribution in [0.15, 0.2) is 48.7 Å². The van der Waals surface area contributed by atoms with E-state index in [0.29, 0.717) is 11.6 Å². The van der Waals surface area contributed by atoms with Gasteiger partial charge in [0.05, 0.1) is 23.2 Å². The molecule has 1 N–H and O–H groups in total. The highest BCUT2D eigenvalue weighted by Crippen LogP contribution is 2.41. The molecule has 0 unspecified atom stereocenters. The SMILES string of the molecule is CCOC(=O)Cc1c(C)cc2nc(-c3cnc4[nH]c(C)cc4c3)sc2c1-c1ccc(Cl)cc1. The number of aromatic nitrogens is 3. The predicted molar refractivity (Wildman–Crippen MR) is 135 cm³/mol. The van der Waals surface area contributed by atoms with E-state index >= 15 is 0 Å². The Hall–Kier alpha value is -3.22. The molecule has 0 spiro atoms. The molecule has 0 saturated carbocycles. The quantitative estimate of drug-likeness (QED) is 0.281. The number of rotatable bonds is 5. The van der Waals surface area contributed by atoms with Gasteiger partial charge in [-0.1, -0.05) is 23.7 Å². The van der Waals surface area contributed by atoms with Crippen LogP contribution in [0, 0.1) is 13.8 Å². The van der Waals surface area contributed by atoms with Gasteiger partial charge in [-0.15, -0.1) is 11.3 Å². The van der Waals surface area contributed by atoms with Crippen LogP contribution in [0.2, 0.25) is 5.02 Å². The molecule has 0 aliphatic rings. The Morgan fingerprint density at radius 1 is 1.12 bits per heavy atom. The number of pyridine rings is 1. The van der Waals surface area contributed by atoms with Gasteiger partial charge in [0.1, 0.15) is 10.7 Å². The zero-order valence-corrected chi connectivity index (χ0v) is 20.1. The Bertz CT molecular complexity index is 1500. The molecule has 0 atom stereocenters. The van der Waals surface area contributed by atoms with Crippen LogP contribution in [-0.2, 0) is 16.0 Å². The van der Waals surface area contributed by atoms with Crippen molar-refractivity contribution in [3.05, 3.63) is 70.5 Å². The first-order chi connectivity index (χ1) is 15.9. The third-order valence-electron chi connectivity index (χ3n) is 5.62. The van der Waals surface area contributed by atoms with Gasteiger partial charge in [-0.25, -0.2) is 9.97 Å². The molecular formula is C26H22ClN3O2S. The van der Waals surface area contributed by atoms with E-state index in [0.717, 1.165) is 59.8 Å². The van der Waals surface area contributed by atoms with Gasteiger partial charge in [0, 0.05) is 33.4 Å². The Kier molecular flexibility index (Phi) is 5.64. The maximum Gasteiger partial charge on any atom is 0.310 e. The van der Waals surface area contributed by atoms with Crippen LogP contribution < -0.4 is 0 Å². The fourth-order valence-electron chi connectivity index (χ4n) is 4.13. The molecule has 0 aliphatic carbocycles. The lowest BCUT2D eigenvalue weighted by Crippen LogP contribution is -2.09. The first kappa shape index (κ1) is 21.6. The van der Waals surface area contributed by atoms with E-state index < -0.39 is 0 Å². The number of ether oxygens (including phenoxy) is 1. The summed E-state index contributed by atoms with van der Waals surface area (Å²) in [5.41, 5.74) is 7.77. The number of hydrogen-bond acceptors (Lipinski definition) is 5. The first-order valence-electron chi connectivity index (χ1n) is 10.7. The van der Waals surface area contributed by atoms with Crippen molar-refractivity contribution in [2.45, 2.75) is 27.2 Å². The molecule has 0 radical (unpaired) electrons. The summed E-state index contributed by atoms with van der Waals surface area (Å²) in [6.45, 7) is 6.21. The van der Waals surface area contributed by atoms with Gasteiger partial charge in [-0.2, -0.15) is 0 Å². The van der Waals surface area contributed by atoms with Crippen molar-refractivity contribution >= 4 is 50.2 Å². The highest BCUT2D eigenvalue weighted by atomic mass is 35.5. The molecule has 166 valence electrons. The number of carbonyl (C=O) groups excluding carboxylic acids is 1. The Balaban J connectivity index is 1.71. The van der Waals surface area contributed by atoms with E-state index in [1.54, 1.807) is 11.3 Å².